The van der Waals surface area contributed by atoms with Crippen LogP contribution in [0.4, 0.5) is 5.69 Å². The minimum absolute atomic E-state index is 0.278. The number of hydrogen-bond acceptors (Lipinski definition) is 2. The number of benzene rings is 2. The molecule has 2 nitrogen and oxygen atoms in total. The lowest BCUT2D eigenvalue weighted by molar-refractivity contribution is 0.368. The molecule has 0 fully saturated rings. The lowest BCUT2D eigenvalue weighted by Crippen LogP contribution is -2.00. The van der Waals surface area contributed by atoms with E-state index in [1.54, 1.807) is 0 Å². The van der Waals surface area contributed by atoms with Crippen LogP contribution in [0.5, 0.6) is 5.75 Å². The molecule has 0 aliphatic heterocycles. The van der Waals surface area contributed by atoms with Crippen molar-refractivity contribution in [2.75, 3.05) is 11.9 Å². The molecule has 2 aromatic carbocycles. The first kappa shape index (κ1) is 13.5. The van der Waals surface area contributed by atoms with E-state index in [2.05, 4.69) is 27.2 Å². The first-order valence-electron chi connectivity index (χ1n) is 5.93. The van der Waals surface area contributed by atoms with Gasteiger partial charge in [-0.25, -0.2) is 0 Å². The van der Waals surface area contributed by atoms with Gasteiger partial charge in [-0.3, -0.25) is 0 Å². The summed E-state index contributed by atoms with van der Waals surface area (Å²) in [6.07, 6.45) is 5.17. The highest BCUT2D eigenvalue weighted by atomic mass is 79.9. The molecular formula is C16H14BrNO. The van der Waals surface area contributed by atoms with Crippen molar-refractivity contribution in [3.63, 3.8) is 0 Å². The van der Waals surface area contributed by atoms with E-state index in [0.717, 1.165) is 22.5 Å². The molecule has 0 bridgehead atoms. The number of halogens is 1. The second kappa shape index (κ2) is 6.86. The second-order valence-electron chi connectivity index (χ2n) is 3.98. The minimum Gasteiger partial charge on any atom is -0.480 e. The van der Waals surface area contributed by atoms with Crippen LogP contribution in [0.1, 0.15) is 5.56 Å². The highest BCUT2D eigenvalue weighted by molar-refractivity contribution is 9.10. The van der Waals surface area contributed by atoms with Crippen LogP contribution in [0.3, 0.4) is 0 Å². The molecule has 0 spiro atoms. The molecular weight excluding hydrogens is 302 g/mol. The maximum Gasteiger partial charge on any atom is 0.148 e. The Morgan fingerprint density at radius 2 is 1.95 bits per heavy atom. The summed E-state index contributed by atoms with van der Waals surface area (Å²) in [6.45, 7) is 1.04. The molecule has 0 aliphatic carbocycles. The second-order valence-corrected chi connectivity index (χ2v) is 4.83. The van der Waals surface area contributed by atoms with Crippen LogP contribution in [0.15, 0.2) is 53.0 Å². The smallest absolute Gasteiger partial charge is 0.148 e. The minimum atomic E-state index is 0.278. The van der Waals surface area contributed by atoms with Gasteiger partial charge in [0.15, 0.2) is 0 Å². The quantitative estimate of drug-likeness (QED) is 0.840. The summed E-state index contributed by atoms with van der Waals surface area (Å²) >= 11 is 3.48. The number of rotatable bonds is 5. The fraction of sp³-hybridized carbons (Fsp3) is 0.125. The molecule has 0 radical (unpaired) electrons. The summed E-state index contributed by atoms with van der Waals surface area (Å²) in [4.78, 5) is 0. The summed E-state index contributed by atoms with van der Waals surface area (Å²) in [5.41, 5.74) is 2.27. The molecule has 2 rings (SSSR count). The maximum atomic E-state index is 5.40. The Hall–Kier alpha value is -1.92. The van der Waals surface area contributed by atoms with Crippen molar-refractivity contribution in [2.24, 2.45) is 0 Å². The van der Waals surface area contributed by atoms with Crippen LogP contribution in [0, 0.1) is 12.3 Å². The largest absolute Gasteiger partial charge is 0.480 e. The molecule has 3 heteroatoms. The van der Waals surface area contributed by atoms with E-state index in [9.17, 15) is 0 Å². The van der Waals surface area contributed by atoms with Crippen molar-refractivity contribution >= 4 is 21.6 Å². The summed E-state index contributed by atoms with van der Waals surface area (Å²) in [5, 5.41) is 3.36. The molecule has 19 heavy (non-hydrogen) atoms. The molecule has 0 amide bonds. The Bertz CT molecular complexity index is 575. The molecule has 0 heterocycles. The standard InChI is InChI=1S/C16H14BrNO/c1-2-10-19-16-9-8-13(11-15(16)17)12-18-14-6-4-3-5-7-14/h1,3-9,11,18H,10,12H2. The van der Waals surface area contributed by atoms with Crippen LogP contribution in [0.25, 0.3) is 0 Å². The SMILES string of the molecule is C#CCOc1ccc(CNc2ccccc2)cc1Br. The van der Waals surface area contributed by atoms with Crippen molar-refractivity contribution in [3.8, 4) is 18.1 Å². The van der Waals surface area contributed by atoms with E-state index in [1.807, 2.05) is 48.5 Å². The maximum absolute atomic E-state index is 5.40. The van der Waals surface area contributed by atoms with Gasteiger partial charge < -0.3 is 10.1 Å². The molecule has 0 aliphatic rings. The number of ether oxygens (including phenoxy) is 1. The Labute approximate surface area is 121 Å². The lowest BCUT2D eigenvalue weighted by Gasteiger charge is -2.09. The van der Waals surface area contributed by atoms with E-state index in [0.29, 0.717) is 0 Å². The van der Waals surface area contributed by atoms with E-state index < -0.39 is 0 Å². The van der Waals surface area contributed by atoms with Gasteiger partial charge in [-0.05, 0) is 45.8 Å². The summed E-state index contributed by atoms with van der Waals surface area (Å²) in [7, 11) is 0. The van der Waals surface area contributed by atoms with Crippen molar-refractivity contribution in [2.45, 2.75) is 6.54 Å². The monoisotopic (exact) mass is 315 g/mol. The van der Waals surface area contributed by atoms with Gasteiger partial charge in [-0.15, -0.1) is 6.42 Å². The predicted octanol–water partition coefficient (Wildman–Crippen LogP) is 4.07. The molecule has 0 saturated carbocycles. The third-order valence-electron chi connectivity index (χ3n) is 2.58. The van der Waals surface area contributed by atoms with E-state index in [-0.39, 0.29) is 6.61 Å². The third kappa shape index (κ3) is 4.04. The van der Waals surface area contributed by atoms with Crippen LogP contribution in [-0.4, -0.2) is 6.61 Å². The number of terminal acetylenes is 1. The van der Waals surface area contributed by atoms with Crippen molar-refractivity contribution < 1.29 is 4.74 Å². The first-order valence-corrected chi connectivity index (χ1v) is 6.72. The molecule has 0 saturated heterocycles. The Morgan fingerprint density at radius 1 is 1.16 bits per heavy atom. The van der Waals surface area contributed by atoms with Gasteiger partial charge in [0.05, 0.1) is 4.47 Å². The lowest BCUT2D eigenvalue weighted by atomic mass is 10.2. The van der Waals surface area contributed by atoms with E-state index >= 15 is 0 Å². The summed E-state index contributed by atoms with van der Waals surface area (Å²) in [6, 6.07) is 16.1. The van der Waals surface area contributed by atoms with Crippen molar-refractivity contribution in [3.05, 3.63) is 58.6 Å². The van der Waals surface area contributed by atoms with Crippen molar-refractivity contribution in [1.29, 1.82) is 0 Å². The Kier molecular flexibility index (Phi) is 4.88. The van der Waals surface area contributed by atoms with E-state index in [1.165, 1.54) is 5.56 Å². The number of anilines is 1. The molecule has 1 N–H and O–H groups in total. The fourth-order valence-corrected chi connectivity index (χ4v) is 2.19. The highest BCUT2D eigenvalue weighted by Crippen LogP contribution is 2.26. The van der Waals surface area contributed by atoms with Gasteiger partial charge in [-0.2, -0.15) is 0 Å². The molecule has 2 aromatic rings. The predicted molar refractivity (Wildman–Crippen MR) is 82.2 cm³/mol. The zero-order valence-corrected chi connectivity index (χ0v) is 12.0. The molecule has 0 aromatic heterocycles. The summed E-state index contributed by atoms with van der Waals surface area (Å²) in [5.74, 6) is 3.21. The zero-order valence-electron chi connectivity index (χ0n) is 10.4. The number of para-hydroxylation sites is 1. The zero-order chi connectivity index (χ0) is 13.5. The van der Waals surface area contributed by atoms with Gasteiger partial charge >= 0.3 is 0 Å². The number of nitrogens with one attached hydrogen (secondary N) is 1. The average molecular weight is 316 g/mol. The fourth-order valence-electron chi connectivity index (χ4n) is 1.65. The van der Waals surface area contributed by atoms with Gasteiger partial charge in [0, 0.05) is 12.2 Å². The van der Waals surface area contributed by atoms with Gasteiger partial charge in [0.25, 0.3) is 0 Å². The van der Waals surface area contributed by atoms with Crippen LogP contribution >= 0.6 is 15.9 Å². The van der Waals surface area contributed by atoms with Crippen LogP contribution < -0.4 is 10.1 Å². The van der Waals surface area contributed by atoms with Crippen LogP contribution in [-0.2, 0) is 6.54 Å². The van der Waals surface area contributed by atoms with Crippen LogP contribution in [0.2, 0.25) is 0 Å². The summed E-state index contributed by atoms with van der Waals surface area (Å²) < 4.78 is 6.31. The number of hydrogen-bond donors (Lipinski definition) is 1. The van der Waals surface area contributed by atoms with E-state index in [4.69, 9.17) is 11.2 Å². The van der Waals surface area contributed by atoms with Gasteiger partial charge in [0.1, 0.15) is 12.4 Å². The highest BCUT2D eigenvalue weighted by Gasteiger charge is 2.02. The first-order chi connectivity index (χ1) is 9.29. The normalized spacial score (nSPS) is 9.68. The molecule has 0 unspecified atom stereocenters. The molecule has 96 valence electrons. The topological polar surface area (TPSA) is 21.3 Å². The van der Waals surface area contributed by atoms with Gasteiger partial charge in [0.2, 0.25) is 0 Å². The van der Waals surface area contributed by atoms with Crippen molar-refractivity contribution in [1.82, 2.24) is 0 Å². The average Bonchev–Trinajstić information content (AvgIpc) is 2.45. The Morgan fingerprint density at radius 3 is 2.63 bits per heavy atom. The Balaban J connectivity index is 1.98. The van der Waals surface area contributed by atoms with Gasteiger partial charge in [-0.1, -0.05) is 30.2 Å². The molecule has 0 atom stereocenters. The third-order valence-corrected chi connectivity index (χ3v) is 3.20.